The maximum Gasteiger partial charge on any atom is 0.263 e. The second-order valence-corrected chi connectivity index (χ2v) is 6.91. The van der Waals surface area contributed by atoms with E-state index in [1.54, 1.807) is 7.11 Å². The molecular formula is C18H14ClNO4S. The normalized spacial score (nSPS) is 12.4. The zero-order chi connectivity index (χ0) is 17.4. The largest absolute Gasteiger partial charge is 0.497 e. The summed E-state index contributed by atoms with van der Waals surface area (Å²) in [5.41, 5.74) is 0.927. The molecule has 0 saturated heterocycles. The van der Waals surface area contributed by atoms with Crippen molar-refractivity contribution in [1.29, 1.82) is 0 Å². The number of amides is 1. The van der Waals surface area contributed by atoms with Crippen LogP contribution in [0.4, 0.5) is 0 Å². The van der Waals surface area contributed by atoms with Crippen molar-refractivity contribution < 1.29 is 19.0 Å². The van der Waals surface area contributed by atoms with Gasteiger partial charge in [-0.25, -0.2) is 0 Å². The van der Waals surface area contributed by atoms with Crippen molar-refractivity contribution in [3.05, 3.63) is 51.9 Å². The number of carbonyl (C=O) groups is 1. The van der Waals surface area contributed by atoms with Crippen LogP contribution < -0.4 is 19.5 Å². The maximum absolute atomic E-state index is 12.5. The zero-order valence-electron chi connectivity index (χ0n) is 13.3. The predicted molar refractivity (Wildman–Crippen MR) is 97.1 cm³/mol. The summed E-state index contributed by atoms with van der Waals surface area (Å²) in [5, 5.41) is 4.21. The topological polar surface area (TPSA) is 56.8 Å². The van der Waals surface area contributed by atoms with Crippen LogP contribution >= 0.6 is 22.9 Å². The van der Waals surface area contributed by atoms with E-state index < -0.39 is 0 Å². The Morgan fingerprint density at radius 3 is 2.92 bits per heavy atom. The van der Waals surface area contributed by atoms with Crippen LogP contribution in [0, 0.1) is 0 Å². The Balaban J connectivity index is 1.53. The molecule has 0 atom stereocenters. The molecule has 0 unspecified atom stereocenters. The molecule has 7 heteroatoms. The quantitative estimate of drug-likeness (QED) is 0.741. The lowest BCUT2D eigenvalue weighted by molar-refractivity contribution is 0.0955. The summed E-state index contributed by atoms with van der Waals surface area (Å²) < 4.78 is 16.8. The van der Waals surface area contributed by atoms with Gasteiger partial charge in [-0.15, -0.1) is 11.3 Å². The van der Waals surface area contributed by atoms with E-state index in [0.29, 0.717) is 22.2 Å². The van der Waals surface area contributed by atoms with Crippen LogP contribution in [-0.2, 0) is 6.54 Å². The van der Waals surface area contributed by atoms with E-state index in [4.69, 9.17) is 25.8 Å². The number of nitrogens with one attached hydrogen (secondary N) is 1. The van der Waals surface area contributed by atoms with Crippen LogP contribution in [0.5, 0.6) is 17.2 Å². The van der Waals surface area contributed by atoms with Gasteiger partial charge in [0, 0.05) is 16.6 Å². The molecule has 0 spiro atoms. The Hall–Kier alpha value is -2.44. The average Bonchev–Trinajstić information content (AvgIpc) is 3.23. The molecule has 2 aromatic carbocycles. The predicted octanol–water partition coefficient (Wildman–Crippen LogP) is 4.22. The minimum atomic E-state index is -0.206. The molecule has 1 amide bonds. The lowest BCUT2D eigenvalue weighted by Gasteiger charge is -2.05. The molecule has 0 aliphatic carbocycles. The molecule has 1 aromatic heterocycles. The first-order chi connectivity index (χ1) is 12.2. The molecule has 0 bridgehead atoms. The van der Waals surface area contributed by atoms with Gasteiger partial charge in [0.25, 0.3) is 5.91 Å². The third-order valence-electron chi connectivity index (χ3n) is 3.93. The zero-order valence-corrected chi connectivity index (χ0v) is 14.9. The van der Waals surface area contributed by atoms with Gasteiger partial charge >= 0.3 is 0 Å². The summed E-state index contributed by atoms with van der Waals surface area (Å²) in [5.74, 6) is 1.94. The number of hydrogen-bond acceptors (Lipinski definition) is 5. The van der Waals surface area contributed by atoms with Gasteiger partial charge < -0.3 is 19.5 Å². The summed E-state index contributed by atoms with van der Waals surface area (Å²) in [4.78, 5) is 13.0. The minimum Gasteiger partial charge on any atom is -0.497 e. The second-order valence-electron chi connectivity index (χ2n) is 5.48. The van der Waals surface area contributed by atoms with Gasteiger partial charge in [0.1, 0.15) is 10.6 Å². The summed E-state index contributed by atoms with van der Waals surface area (Å²) in [7, 11) is 1.61. The van der Waals surface area contributed by atoms with Crippen LogP contribution in [0.25, 0.3) is 10.1 Å². The monoisotopic (exact) mass is 375 g/mol. The highest BCUT2D eigenvalue weighted by atomic mass is 35.5. The van der Waals surface area contributed by atoms with E-state index in [1.165, 1.54) is 11.3 Å². The number of rotatable bonds is 4. The molecule has 1 aliphatic heterocycles. The highest BCUT2D eigenvalue weighted by Gasteiger charge is 2.18. The van der Waals surface area contributed by atoms with Crippen LogP contribution in [0.15, 0.2) is 36.4 Å². The molecule has 25 heavy (non-hydrogen) atoms. The molecule has 128 valence electrons. The van der Waals surface area contributed by atoms with E-state index >= 15 is 0 Å². The fraction of sp³-hybridized carbons (Fsp3) is 0.167. The Kier molecular flexibility index (Phi) is 4.15. The summed E-state index contributed by atoms with van der Waals surface area (Å²) in [6, 6.07) is 11.2. The lowest BCUT2D eigenvalue weighted by atomic mass is 10.2. The molecule has 3 aromatic rings. The number of methoxy groups -OCH3 is 1. The molecule has 0 fully saturated rings. The first-order valence-electron chi connectivity index (χ1n) is 7.58. The molecular weight excluding hydrogens is 362 g/mol. The van der Waals surface area contributed by atoms with Crippen molar-refractivity contribution in [2.45, 2.75) is 6.54 Å². The Bertz CT molecular complexity index is 969. The van der Waals surface area contributed by atoms with Gasteiger partial charge in [0.05, 0.1) is 12.1 Å². The van der Waals surface area contributed by atoms with E-state index in [1.807, 2.05) is 36.4 Å². The van der Waals surface area contributed by atoms with Crippen molar-refractivity contribution in [2.75, 3.05) is 13.9 Å². The van der Waals surface area contributed by atoms with Gasteiger partial charge in [0.2, 0.25) is 6.79 Å². The number of fused-ring (bicyclic) bond motifs is 2. The molecule has 0 radical (unpaired) electrons. The second kappa shape index (κ2) is 6.46. The van der Waals surface area contributed by atoms with Crippen molar-refractivity contribution in [3.8, 4) is 17.2 Å². The third kappa shape index (κ3) is 2.99. The number of halogens is 1. The highest BCUT2D eigenvalue weighted by molar-refractivity contribution is 7.21. The average molecular weight is 376 g/mol. The van der Waals surface area contributed by atoms with Crippen molar-refractivity contribution in [3.63, 3.8) is 0 Å². The van der Waals surface area contributed by atoms with Crippen molar-refractivity contribution >= 4 is 38.9 Å². The Labute approximate surface area is 153 Å². The number of carbonyl (C=O) groups excluding carboxylic acids is 1. The van der Waals surface area contributed by atoms with Gasteiger partial charge in [-0.3, -0.25) is 4.79 Å². The maximum atomic E-state index is 12.5. The minimum absolute atomic E-state index is 0.206. The molecule has 1 aliphatic rings. The van der Waals surface area contributed by atoms with E-state index in [2.05, 4.69) is 5.32 Å². The number of thiophene rings is 1. The van der Waals surface area contributed by atoms with Crippen LogP contribution in [-0.4, -0.2) is 19.8 Å². The fourth-order valence-corrected chi connectivity index (χ4v) is 4.09. The molecule has 5 nitrogen and oxygen atoms in total. The SMILES string of the molecule is COc1ccc2c(Cl)c(C(=O)NCc3ccc4c(c3)OCO4)sc2c1. The smallest absolute Gasteiger partial charge is 0.263 e. The van der Waals surface area contributed by atoms with Crippen molar-refractivity contribution in [2.24, 2.45) is 0 Å². The summed E-state index contributed by atoms with van der Waals surface area (Å²) >= 11 is 7.73. The number of benzene rings is 2. The number of ether oxygens (including phenoxy) is 3. The van der Waals surface area contributed by atoms with E-state index in [0.717, 1.165) is 27.1 Å². The van der Waals surface area contributed by atoms with Gasteiger partial charge in [-0.2, -0.15) is 0 Å². The van der Waals surface area contributed by atoms with Crippen molar-refractivity contribution in [1.82, 2.24) is 5.32 Å². The van der Waals surface area contributed by atoms with Gasteiger partial charge in [-0.05, 0) is 35.9 Å². The van der Waals surface area contributed by atoms with Crippen LogP contribution in [0.1, 0.15) is 15.2 Å². The molecule has 0 saturated carbocycles. The first kappa shape index (κ1) is 16.1. The van der Waals surface area contributed by atoms with Gasteiger partial charge in [0.15, 0.2) is 11.5 Å². The summed E-state index contributed by atoms with van der Waals surface area (Å²) in [6.07, 6.45) is 0. The lowest BCUT2D eigenvalue weighted by Crippen LogP contribution is -2.22. The molecule has 4 rings (SSSR count). The third-order valence-corrected chi connectivity index (χ3v) is 5.59. The molecule has 2 heterocycles. The number of hydrogen-bond donors (Lipinski definition) is 1. The summed E-state index contributed by atoms with van der Waals surface area (Å²) in [6.45, 7) is 0.607. The molecule has 1 N–H and O–H groups in total. The van der Waals surface area contributed by atoms with Gasteiger partial charge in [-0.1, -0.05) is 17.7 Å². The van der Waals surface area contributed by atoms with Crippen LogP contribution in [0.3, 0.4) is 0 Å². The first-order valence-corrected chi connectivity index (χ1v) is 8.78. The fourth-order valence-electron chi connectivity index (χ4n) is 2.63. The standard InChI is InChI=1S/C18H14ClNO4S/c1-22-11-3-4-12-15(7-11)25-17(16(12)19)18(21)20-8-10-2-5-13-14(6-10)24-9-23-13/h2-7H,8-9H2,1H3,(H,20,21). The highest BCUT2D eigenvalue weighted by Crippen LogP contribution is 2.37. The van der Waals surface area contributed by atoms with Crippen LogP contribution in [0.2, 0.25) is 5.02 Å². The Morgan fingerprint density at radius 1 is 1.24 bits per heavy atom. The Morgan fingerprint density at radius 2 is 2.08 bits per heavy atom. The van der Waals surface area contributed by atoms with E-state index in [9.17, 15) is 4.79 Å². The van der Waals surface area contributed by atoms with E-state index in [-0.39, 0.29) is 12.7 Å².